The number of aromatic nitrogens is 3. The quantitative estimate of drug-likeness (QED) is 0.454. The first-order chi connectivity index (χ1) is 15.4. The number of hydrogen-bond donors (Lipinski definition) is 1. The van der Waals surface area contributed by atoms with E-state index in [9.17, 15) is 9.90 Å². The number of carbonyl (C=O) groups is 1. The molecule has 0 radical (unpaired) electrons. The van der Waals surface area contributed by atoms with E-state index in [4.69, 9.17) is 11.6 Å². The third kappa shape index (κ3) is 3.20. The maximum absolute atomic E-state index is 15.8. The fraction of sp³-hybridized carbons (Fsp3) is 0.227. The molecule has 1 N–H and O–H groups in total. The Labute approximate surface area is 192 Å². The zero-order chi connectivity index (χ0) is 22.6. The lowest BCUT2D eigenvalue weighted by atomic mass is 10.00. The van der Waals surface area contributed by atoms with Gasteiger partial charge in [-0.15, -0.1) is 0 Å². The minimum atomic E-state index is -0.538. The van der Waals surface area contributed by atoms with Crippen LogP contribution in [0.3, 0.4) is 0 Å². The molecule has 0 aliphatic carbocycles. The number of piperazine rings is 1. The van der Waals surface area contributed by atoms with Gasteiger partial charge in [-0.2, -0.15) is 9.47 Å². The summed E-state index contributed by atoms with van der Waals surface area (Å²) in [6.07, 6.45) is 2.93. The van der Waals surface area contributed by atoms with Crippen LogP contribution in [0.1, 0.15) is 0 Å². The van der Waals surface area contributed by atoms with E-state index in [1.807, 2.05) is 0 Å². The van der Waals surface area contributed by atoms with Gasteiger partial charge >= 0.3 is 0 Å². The average molecular weight is 472 g/mol. The number of benzene rings is 2. The number of aromatic hydroxyl groups is 1. The van der Waals surface area contributed by atoms with Gasteiger partial charge < -0.3 is 14.9 Å². The second-order valence-corrected chi connectivity index (χ2v) is 8.81. The summed E-state index contributed by atoms with van der Waals surface area (Å²) in [6, 6.07) is 4.79. The molecule has 5 rings (SSSR count). The third-order valence-corrected chi connectivity index (χ3v) is 7.01. The second-order valence-electron chi connectivity index (χ2n) is 7.65. The van der Waals surface area contributed by atoms with Crippen molar-refractivity contribution in [3.05, 3.63) is 47.9 Å². The van der Waals surface area contributed by atoms with E-state index in [1.165, 1.54) is 23.7 Å². The number of anilines is 1. The summed E-state index contributed by atoms with van der Waals surface area (Å²) in [7, 11) is 1.75. The molecule has 0 spiro atoms. The molecule has 1 amide bonds. The maximum Gasteiger partial charge on any atom is 0.246 e. The van der Waals surface area contributed by atoms with Crippen molar-refractivity contribution >= 4 is 55.8 Å². The number of phenols is 1. The van der Waals surface area contributed by atoms with Gasteiger partial charge in [-0.05, 0) is 35.8 Å². The summed E-state index contributed by atoms with van der Waals surface area (Å²) < 4.78 is 21.8. The Bertz CT molecular complexity index is 1390. The highest BCUT2D eigenvalue weighted by atomic mass is 35.5. The SMILES string of the molecule is C=CC(=O)N1CCN(c2snc3c(F)c(-c4cc(O)cc5cnn(C)c45)c(Cl)cc23)CC1. The lowest BCUT2D eigenvalue weighted by molar-refractivity contribution is -0.126. The molecule has 1 fully saturated rings. The lowest BCUT2D eigenvalue weighted by Gasteiger charge is -2.34. The molecule has 0 atom stereocenters. The maximum atomic E-state index is 15.8. The van der Waals surface area contributed by atoms with Gasteiger partial charge in [0.2, 0.25) is 5.91 Å². The normalized spacial score (nSPS) is 14.5. The highest BCUT2D eigenvalue weighted by Gasteiger charge is 2.26. The molecule has 7 nitrogen and oxygen atoms in total. The van der Waals surface area contributed by atoms with Gasteiger partial charge in [-0.1, -0.05) is 18.2 Å². The van der Waals surface area contributed by atoms with Crippen LogP contribution in [0.15, 0.2) is 37.1 Å². The van der Waals surface area contributed by atoms with E-state index in [0.717, 1.165) is 5.00 Å². The van der Waals surface area contributed by atoms with Gasteiger partial charge in [0.15, 0.2) is 5.82 Å². The van der Waals surface area contributed by atoms with E-state index in [-0.39, 0.29) is 27.8 Å². The number of rotatable bonds is 3. The summed E-state index contributed by atoms with van der Waals surface area (Å²) in [5.41, 5.74) is 1.53. The lowest BCUT2D eigenvalue weighted by Crippen LogP contribution is -2.48. The van der Waals surface area contributed by atoms with E-state index < -0.39 is 5.82 Å². The number of nitrogens with zero attached hydrogens (tertiary/aromatic N) is 5. The van der Waals surface area contributed by atoms with Crippen LogP contribution in [0, 0.1) is 5.82 Å². The van der Waals surface area contributed by atoms with Crippen LogP contribution in [-0.2, 0) is 11.8 Å². The minimum Gasteiger partial charge on any atom is -0.508 e. The largest absolute Gasteiger partial charge is 0.508 e. The Hall–Kier alpha value is -3.17. The van der Waals surface area contributed by atoms with Crippen molar-refractivity contribution in [3.8, 4) is 16.9 Å². The molecule has 0 saturated carbocycles. The third-order valence-electron chi connectivity index (χ3n) is 5.79. The number of halogens is 2. The summed E-state index contributed by atoms with van der Waals surface area (Å²) in [6.45, 7) is 5.87. The molecular formula is C22H19ClFN5O2S. The van der Waals surface area contributed by atoms with Crippen LogP contribution in [0.5, 0.6) is 5.75 Å². The molecule has 3 heterocycles. The molecule has 0 unspecified atom stereocenters. The molecule has 1 aliphatic rings. The van der Waals surface area contributed by atoms with Crippen LogP contribution in [0.2, 0.25) is 5.02 Å². The smallest absolute Gasteiger partial charge is 0.246 e. The second kappa shape index (κ2) is 7.75. The van der Waals surface area contributed by atoms with E-state index in [0.29, 0.717) is 48.0 Å². The first-order valence-electron chi connectivity index (χ1n) is 9.97. The number of phenolic OH excluding ortho intramolecular Hbond substituents is 1. The van der Waals surface area contributed by atoms with Crippen LogP contribution < -0.4 is 4.90 Å². The highest BCUT2D eigenvalue weighted by Crippen LogP contribution is 2.43. The Morgan fingerprint density at radius 1 is 1.28 bits per heavy atom. The van der Waals surface area contributed by atoms with Crippen LogP contribution in [0.25, 0.3) is 32.9 Å². The Morgan fingerprint density at radius 3 is 2.75 bits per heavy atom. The summed E-state index contributed by atoms with van der Waals surface area (Å²) in [4.78, 5) is 15.7. The zero-order valence-electron chi connectivity index (χ0n) is 17.2. The van der Waals surface area contributed by atoms with Crippen LogP contribution in [0.4, 0.5) is 9.39 Å². The van der Waals surface area contributed by atoms with Crippen LogP contribution in [-0.4, -0.2) is 56.2 Å². The standard InChI is InChI=1S/C22H19ClFN5O2S/c1-3-17(31)28-4-6-29(7-5-28)22-15-10-16(23)18(19(24)20(15)26-32-22)14-9-13(30)8-12-11-25-27(2)21(12)14/h3,8-11,30H,1,4-7H2,2H3. The van der Waals surface area contributed by atoms with Crippen LogP contribution >= 0.6 is 23.1 Å². The molecule has 2 aromatic heterocycles. The van der Waals surface area contributed by atoms with Gasteiger partial charge in [0.25, 0.3) is 0 Å². The number of amides is 1. The molecule has 1 saturated heterocycles. The van der Waals surface area contributed by atoms with E-state index in [1.54, 1.807) is 35.0 Å². The van der Waals surface area contributed by atoms with Crippen molar-refractivity contribution in [2.45, 2.75) is 0 Å². The first kappa shape index (κ1) is 20.7. The fourth-order valence-electron chi connectivity index (χ4n) is 4.23. The molecule has 164 valence electrons. The van der Waals surface area contributed by atoms with Gasteiger partial charge in [-0.3, -0.25) is 9.48 Å². The molecule has 10 heteroatoms. The van der Waals surface area contributed by atoms with Crippen molar-refractivity contribution < 1.29 is 14.3 Å². The monoisotopic (exact) mass is 471 g/mol. The van der Waals surface area contributed by atoms with Gasteiger partial charge in [0.05, 0.1) is 16.7 Å². The molecule has 4 aromatic rings. The number of fused-ring (bicyclic) bond motifs is 2. The van der Waals surface area contributed by atoms with Crippen molar-refractivity contribution in [1.29, 1.82) is 0 Å². The minimum absolute atomic E-state index is 0.00183. The summed E-state index contributed by atoms with van der Waals surface area (Å²) in [5, 5.41) is 16.8. The predicted molar refractivity (Wildman–Crippen MR) is 125 cm³/mol. The van der Waals surface area contributed by atoms with Gasteiger partial charge in [-0.25, -0.2) is 4.39 Å². The van der Waals surface area contributed by atoms with Gasteiger partial charge in [0, 0.05) is 55.1 Å². The van der Waals surface area contributed by atoms with E-state index >= 15 is 4.39 Å². The molecule has 0 bridgehead atoms. The van der Waals surface area contributed by atoms with Crippen molar-refractivity contribution in [2.75, 3.05) is 31.1 Å². The van der Waals surface area contributed by atoms with Gasteiger partial charge in [0.1, 0.15) is 16.3 Å². The van der Waals surface area contributed by atoms with Crippen molar-refractivity contribution in [2.24, 2.45) is 7.05 Å². The number of carbonyl (C=O) groups excluding carboxylic acids is 1. The number of aryl methyl sites for hydroxylation is 1. The first-order valence-corrected chi connectivity index (χ1v) is 11.1. The summed E-state index contributed by atoms with van der Waals surface area (Å²) >= 11 is 7.82. The highest BCUT2D eigenvalue weighted by molar-refractivity contribution is 7.11. The average Bonchev–Trinajstić information content (AvgIpc) is 3.37. The molecule has 1 aliphatic heterocycles. The van der Waals surface area contributed by atoms with Crippen molar-refractivity contribution in [1.82, 2.24) is 19.1 Å². The molecular weight excluding hydrogens is 453 g/mol. The zero-order valence-corrected chi connectivity index (χ0v) is 18.8. The van der Waals surface area contributed by atoms with E-state index in [2.05, 4.69) is 21.0 Å². The molecule has 2 aromatic carbocycles. The van der Waals surface area contributed by atoms with Crippen molar-refractivity contribution in [3.63, 3.8) is 0 Å². The molecule has 32 heavy (non-hydrogen) atoms. The Balaban J connectivity index is 1.59. The Morgan fingerprint density at radius 2 is 2.03 bits per heavy atom. The number of hydrogen-bond acceptors (Lipinski definition) is 6. The topological polar surface area (TPSA) is 74.5 Å². The Kier molecular flexibility index (Phi) is 5.02. The predicted octanol–water partition coefficient (Wildman–Crippen LogP) is 4.18. The summed E-state index contributed by atoms with van der Waals surface area (Å²) in [5.74, 6) is -0.629. The fourth-order valence-corrected chi connectivity index (χ4v) is 5.43.